The van der Waals surface area contributed by atoms with Gasteiger partial charge in [-0.15, -0.1) is 0 Å². The number of nitrogens with one attached hydrogen (secondary N) is 1. The second-order valence-corrected chi connectivity index (χ2v) is 6.77. The first-order valence-electron chi connectivity index (χ1n) is 8.14. The number of hydrogen-bond donors (Lipinski definition) is 1. The lowest BCUT2D eigenvalue weighted by atomic mass is 9.76. The van der Waals surface area contributed by atoms with Crippen molar-refractivity contribution in [2.45, 2.75) is 18.4 Å². The molecule has 1 N–H and O–H groups in total. The number of rotatable bonds is 3. The number of allylic oxidation sites excluding steroid dienone is 2. The fraction of sp³-hybridized carbons (Fsp3) is 0.263. The van der Waals surface area contributed by atoms with Crippen molar-refractivity contribution in [2.24, 2.45) is 5.92 Å². The Morgan fingerprint density at radius 1 is 1.32 bits per heavy atom. The number of fused-ring (bicyclic) bond motifs is 3. The molecular weight excluding hydrogens is 340 g/mol. The molecule has 2 aromatic carbocycles. The number of nitro benzene ring substituents is 1. The highest BCUT2D eigenvalue weighted by Gasteiger charge is 2.42. The fourth-order valence-corrected chi connectivity index (χ4v) is 4.20. The summed E-state index contributed by atoms with van der Waals surface area (Å²) in [4.78, 5) is 11.2. The van der Waals surface area contributed by atoms with Gasteiger partial charge in [0, 0.05) is 12.0 Å². The zero-order chi connectivity index (χ0) is 17.6. The number of nitrogens with zero attached hydrogens (tertiary/aromatic N) is 1. The van der Waals surface area contributed by atoms with Crippen LogP contribution in [0.15, 0.2) is 48.6 Å². The van der Waals surface area contributed by atoms with E-state index in [4.69, 9.17) is 16.3 Å². The SMILES string of the molecule is COc1cccc([C@@H]2Nc3c(Cl)ccc([N+](=O)[O-])c3[C@H]3C=CC[C@H]32)c1. The van der Waals surface area contributed by atoms with Crippen LogP contribution < -0.4 is 10.1 Å². The summed E-state index contributed by atoms with van der Waals surface area (Å²) < 4.78 is 5.34. The largest absolute Gasteiger partial charge is 0.497 e. The van der Waals surface area contributed by atoms with Crippen LogP contribution in [0, 0.1) is 16.0 Å². The van der Waals surface area contributed by atoms with Gasteiger partial charge >= 0.3 is 0 Å². The second-order valence-electron chi connectivity index (χ2n) is 6.36. The van der Waals surface area contributed by atoms with Gasteiger partial charge in [0.2, 0.25) is 0 Å². The molecule has 0 aromatic heterocycles. The third-order valence-electron chi connectivity index (χ3n) is 5.10. The molecule has 0 saturated carbocycles. The first-order chi connectivity index (χ1) is 12.1. The Bertz CT molecular complexity index is 881. The average molecular weight is 357 g/mol. The quantitative estimate of drug-likeness (QED) is 0.473. The minimum atomic E-state index is -0.327. The van der Waals surface area contributed by atoms with Crippen molar-refractivity contribution in [3.63, 3.8) is 0 Å². The predicted octanol–water partition coefficient (Wildman–Crippen LogP) is 5.08. The Hall–Kier alpha value is -2.53. The van der Waals surface area contributed by atoms with E-state index in [0.717, 1.165) is 17.7 Å². The summed E-state index contributed by atoms with van der Waals surface area (Å²) in [6.45, 7) is 0. The van der Waals surface area contributed by atoms with Crippen LogP contribution in [0.3, 0.4) is 0 Å². The van der Waals surface area contributed by atoms with Gasteiger partial charge in [-0.25, -0.2) is 0 Å². The molecule has 2 aliphatic rings. The summed E-state index contributed by atoms with van der Waals surface area (Å²) in [5, 5.41) is 15.5. The van der Waals surface area contributed by atoms with Crippen LogP contribution in [0.4, 0.5) is 11.4 Å². The van der Waals surface area contributed by atoms with Gasteiger partial charge in [-0.2, -0.15) is 0 Å². The molecule has 1 aliphatic carbocycles. The van der Waals surface area contributed by atoms with E-state index in [1.54, 1.807) is 13.2 Å². The average Bonchev–Trinajstić information content (AvgIpc) is 3.11. The molecule has 3 atom stereocenters. The van der Waals surface area contributed by atoms with E-state index in [1.165, 1.54) is 6.07 Å². The molecule has 5 nitrogen and oxygen atoms in total. The number of ether oxygens (including phenoxy) is 1. The molecule has 0 fully saturated rings. The van der Waals surface area contributed by atoms with Crippen molar-refractivity contribution >= 4 is 23.0 Å². The summed E-state index contributed by atoms with van der Waals surface area (Å²) in [6.07, 6.45) is 5.04. The third kappa shape index (κ3) is 2.55. The van der Waals surface area contributed by atoms with Crippen molar-refractivity contribution in [3.05, 3.63) is 74.8 Å². The maximum atomic E-state index is 11.5. The molecule has 0 unspecified atom stereocenters. The number of hydrogen-bond acceptors (Lipinski definition) is 4. The molecule has 0 bridgehead atoms. The number of benzene rings is 2. The lowest BCUT2D eigenvalue weighted by molar-refractivity contribution is -0.385. The Morgan fingerprint density at radius 2 is 2.16 bits per heavy atom. The molecule has 0 amide bonds. The zero-order valence-electron chi connectivity index (χ0n) is 13.6. The monoisotopic (exact) mass is 356 g/mol. The minimum absolute atomic E-state index is 0.0158. The van der Waals surface area contributed by atoms with Gasteiger partial charge in [0.1, 0.15) is 5.75 Å². The second kappa shape index (κ2) is 6.08. The van der Waals surface area contributed by atoms with Crippen LogP contribution in [-0.4, -0.2) is 12.0 Å². The van der Waals surface area contributed by atoms with Crippen LogP contribution in [0.5, 0.6) is 5.75 Å². The maximum Gasteiger partial charge on any atom is 0.275 e. The summed E-state index contributed by atoms with van der Waals surface area (Å²) in [5.74, 6) is 0.973. The van der Waals surface area contributed by atoms with E-state index in [2.05, 4.69) is 17.5 Å². The van der Waals surface area contributed by atoms with Gasteiger partial charge in [0.05, 0.1) is 34.3 Å². The lowest BCUT2D eigenvalue weighted by Gasteiger charge is -2.37. The molecule has 0 radical (unpaired) electrons. The highest BCUT2D eigenvalue weighted by Crippen LogP contribution is 2.54. The molecule has 128 valence electrons. The van der Waals surface area contributed by atoms with Crippen molar-refractivity contribution in [2.75, 3.05) is 12.4 Å². The topological polar surface area (TPSA) is 64.4 Å². The Morgan fingerprint density at radius 3 is 2.92 bits per heavy atom. The molecule has 25 heavy (non-hydrogen) atoms. The molecule has 1 heterocycles. The van der Waals surface area contributed by atoms with Crippen molar-refractivity contribution in [1.82, 2.24) is 0 Å². The number of methoxy groups -OCH3 is 1. The van der Waals surface area contributed by atoms with Crippen LogP contribution >= 0.6 is 11.6 Å². The maximum absolute atomic E-state index is 11.5. The summed E-state index contributed by atoms with van der Waals surface area (Å²) in [6, 6.07) is 11.0. The molecule has 0 spiro atoms. The number of nitro groups is 1. The smallest absolute Gasteiger partial charge is 0.275 e. The first-order valence-corrected chi connectivity index (χ1v) is 8.52. The van der Waals surface area contributed by atoms with Crippen molar-refractivity contribution < 1.29 is 9.66 Å². The van der Waals surface area contributed by atoms with Crippen LogP contribution in [0.2, 0.25) is 5.02 Å². The molecule has 6 heteroatoms. The summed E-state index contributed by atoms with van der Waals surface area (Å²) >= 11 is 6.39. The first kappa shape index (κ1) is 16.0. The van der Waals surface area contributed by atoms with E-state index in [9.17, 15) is 10.1 Å². The van der Waals surface area contributed by atoms with Gasteiger partial charge in [-0.05, 0) is 36.1 Å². The fourth-order valence-electron chi connectivity index (χ4n) is 3.98. The van der Waals surface area contributed by atoms with Crippen LogP contribution in [-0.2, 0) is 0 Å². The van der Waals surface area contributed by atoms with Gasteiger partial charge in [0.25, 0.3) is 5.69 Å². The van der Waals surface area contributed by atoms with Gasteiger partial charge < -0.3 is 10.1 Å². The van der Waals surface area contributed by atoms with E-state index in [-0.39, 0.29) is 28.5 Å². The molecule has 2 aromatic rings. The highest BCUT2D eigenvalue weighted by atomic mass is 35.5. The van der Waals surface area contributed by atoms with Gasteiger partial charge in [-0.1, -0.05) is 35.9 Å². The summed E-state index contributed by atoms with van der Waals surface area (Å²) in [7, 11) is 1.64. The molecule has 4 rings (SSSR count). The molecular formula is C19H17ClN2O3. The lowest BCUT2D eigenvalue weighted by Crippen LogP contribution is -2.29. The van der Waals surface area contributed by atoms with Crippen LogP contribution in [0.1, 0.15) is 29.5 Å². The van der Waals surface area contributed by atoms with E-state index in [0.29, 0.717) is 16.3 Å². The Labute approximate surface area is 150 Å². The molecule has 0 saturated heterocycles. The van der Waals surface area contributed by atoms with E-state index in [1.807, 2.05) is 24.3 Å². The highest BCUT2D eigenvalue weighted by molar-refractivity contribution is 6.33. The predicted molar refractivity (Wildman–Crippen MR) is 97.5 cm³/mol. The summed E-state index contributed by atoms with van der Waals surface area (Å²) in [5.41, 5.74) is 2.57. The Balaban J connectivity index is 1.85. The minimum Gasteiger partial charge on any atom is -0.497 e. The van der Waals surface area contributed by atoms with Gasteiger partial charge in [-0.3, -0.25) is 10.1 Å². The van der Waals surface area contributed by atoms with E-state index < -0.39 is 0 Å². The Kier molecular flexibility index (Phi) is 3.88. The molecule has 1 aliphatic heterocycles. The van der Waals surface area contributed by atoms with Crippen LogP contribution in [0.25, 0.3) is 0 Å². The number of halogens is 1. The number of anilines is 1. The van der Waals surface area contributed by atoms with Crippen molar-refractivity contribution in [1.29, 1.82) is 0 Å². The van der Waals surface area contributed by atoms with E-state index >= 15 is 0 Å². The van der Waals surface area contributed by atoms with Crippen molar-refractivity contribution in [3.8, 4) is 5.75 Å². The standard InChI is InChI=1S/C19H17ClN2O3/c1-25-12-5-2-4-11(10-12)18-14-7-3-6-13(14)17-16(22(23)24)9-8-15(20)19(17)21-18/h2-6,8-10,13-14,18,21H,7H2,1H3/t13-,14+,18-/m0/s1. The normalized spacial score (nSPS) is 23.5. The van der Waals surface area contributed by atoms with Gasteiger partial charge in [0.15, 0.2) is 0 Å². The zero-order valence-corrected chi connectivity index (χ0v) is 14.4. The third-order valence-corrected chi connectivity index (χ3v) is 5.41.